The predicted molar refractivity (Wildman–Crippen MR) is 61.0 cm³/mol. The highest BCUT2D eigenvalue weighted by Crippen LogP contribution is 2.33. The van der Waals surface area contributed by atoms with Crippen molar-refractivity contribution >= 4 is 8.07 Å². The lowest BCUT2D eigenvalue weighted by Crippen LogP contribution is -2.27. The number of epoxide rings is 1. The summed E-state index contributed by atoms with van der Waals surface area (Å²) < 4.78 is 5.39. The van der Waals surface area contributed by atoms with Gasteiger partial charge in [-0.25, -0.2) is 0 Å². The number of hydrogen-bond donors (Lipinski definition) is 0. The summed E-state index contributed by atoms with van der Waals surface area (Å²) in [6.07, 6.45) is 2.68. The van der Waals surface area contributed by atoms with Gasteiger partial charge in [0.15, 0.2) is 0 Å². The quantitative estimate of drug-likeness (QED) is 0.471. The Bertz CT molecular complexity index is 159. The summed E-state index contributed by atoms with van der Waals surface area (Å²) >= 11 is 0. The van der Waals surface area contributed by atoms with E-state index in [2.05, 4.69) is 27.3 Å². The number of ether oxygens (including phenoxy) is 1. The fraction of sp³-hybridized carbons (Fsp3) is 1.00. The minimum absolute atomic E-state index is 0.288. The first kappa shape index (κ1) is 11.3. The highest BCUT2D eigenvalue weighted by atomic mass is 28.3. The maximum Gasteiger partial charge on any atom is 0.0888 e. The average molecular weight is 200 g/mol. The van der Waals surface area contributed by atoms with E-state index in [1.54, 1.807) is 0 Å². The zero-order chi connectivity index (χ0) is 9.95. The molecule has 1 unspecified atom stereocenters. The second-order valence-electron chi connectivity index (χ2n) is 5.11. The number of rotatable bonds is 6. The van der Waals surface area contributed by atoms with Gasteiger partial charge in [0, 0.05) is 8.07 Å². The van der Waals surface area contributed by atoms with E-state index in [-0.39, 0.29) is 5.60 Å². The second-order valence-corrected chi connectivity index (χ2v) is 10.6. The highest BCUT2D eigenvalue weighted by Gasteiger charge is 2.38. The molecular formula is C11H24OSi. The fourth-order valence-electron chi connectivity index (χ4n) is 1.76. The largest absolute Gasteiger partial charge is 0.370 e. The van der Waals surface area contributed by atoms with Crippen LogP contribution in [0.15, 0.2) is 0 Å². The SMILES string of the molecule is CC[Si](C)(CC)CCCC1(C)CO1. The molecule has 1 saturated heterocycles. The second kappa shape index (κ2) is 4.14. The molecule has 0 aliphatic carbocycles. The van der Waals surface area contributed by atoms with Crippen LogP contribution < -0.4 is 0 Å². The third-order valence-corrected chi connectivity index (χ3v) is 8.81. The first-order chi connectivity index (χ1) is 6.04. The van der Waals surface area contributed by atoms with Gasteiger partial charge < -0.3 is 4.74 Å². The van der Waals surface area contributed by atoms with Crippen molar-refractivity contribution in [1.82, 2.24) is 0 Å². The predicted octanol–water partition coefficient (Wildman–Crippen LogP) is 3.67. The van der Waals surface area contributed by atoms with Gasteiger partial charge in [-0.3, -0.25) is 0 Å². The smallest absolute Gasteiger partial charge is 0.0888 e. The first-order valence-corrected chi connectivity index (χ1v) is 8.80. The van der Waals surface area contributed by atoms with E-state index in [0.29, 0.717) is 0 Å². The lowest BCUT2D eigenvalue weighted by atomic mass is 10.1. The molecule has 1 heterocycles. The Kier molecular flexibility index (Phi) is 3.58. The molecule has 0 aromatic rings. The maximum absolute atomic E-state index is 5.39. The van der Waals surface area contributed by atoms with Crippen molar-refractivity contribution in [3.8, 4) is 0 Å². The Morgan fingerprint density at radius 1 is 1.31 bits per heavy atom. The third-order valence-electron chi connectivity index (χ3n) is 3.83. The molecule has 0 bridgehead atoms. The molecule has 0 spiro atoms. The summed E-state index contributed by atoms with van der Waals surface area (Å²) in [6, 6.07) is 4.39. The Hall–Kier alpha value is 0.177. The molecule has 0 N–H and O–H groups in total. The Morgan fingerprint density at radius 2 is 1.85 bits per heavy atom. The summed E-state index contributed by atoms with van der Waals surface area (Å²) in [5, 5.41) is 0. The molecule has 0 amide bonds. The van der Waals surface area contributed by atoms with Gasteiger partial charge >= 0.3 is 0 Å². The van der Waals surface area contributed by atoms with Gasteiger partial charge in [0.25, 0.3) is 0 Å². The summed E-state index contributed by atoms with van der Waals surface area (Å²) in [6.45, 7) is 10.5. The Balaban J connectivity index is 2.16. The standard InChI is InChI=1S/C11H24OSi/c1-5-13(4,6-2)9-7-8-11(3)10-12-11/h5-10H2,1-4H3. The molecule has 0 radical (unpaired) electrons. The van der Waals surface area contributed by atoms with Crippen LogP contribution in [0, 0.1) is 0 Å². The van der Waals surface area contributed by atoms with Gasteiger partial charge in [-0.15, -0.1) is 0 Å². The van der Waals surface area contributed by atoms with Crippen molar-refractivity contribution in [3.05, 3.63) is 0 Å². The van der Waals surface area contributed by atoms with Gasteiger partial charge in [-0.1, -0.05) is 44.9 Å². The van der Waals surface area contributed by atoms with E-state index in [1.165, 1.54) is 31.0 Å². The van der Waals surface area contributed by atoms with Crippen LogP contribution in [0.2, 0.25) is 24.7 Å². The fourth-order valence-corrected chi connectivity index (χ4v) is 4.00. The van der Waals surface area contributed by atoms with Crippen molar-refractivity contribution in [2.24, 2.45) is 0 Å². The molecule has 1 fully saturated rings. The molecule has 1 aliphatic heterocycles. The molecular weight excluding hydrogens is 176 g/mol. The highest BCUT2D eigenvalue weighted by molar-refractivity contribution is 6.78. The molecule has 78 valence electrons. The normalized spacial score (nSPS) is 27.7. The van der Waals surface area contributed by atoms with Crippen LogP contribution >= 0.6 is 0 Å². The third kappa shape index (κ3) is 3.43. The molecule has 0 aromatic heterocycles. The average Bonchev–Trinajstić information content (AvgIpc) is 2.84. The van der Waals surface area contributed by atoms with Gasteiger partial charge in [-0.05, 0) is 13.3 Å². The van der Waals surface area contributed by atoms with Crippen LogP contribution in [0.5, 0.6) is 0 Å². The molecule has 0 aromatic carbocycles. The van der Waals surface area contributed by atoms with Gasteiger partial charge in [0.05, 0.1) is 12.2 Å². The number of hydrogen-bond acceptors (Lipinski definition) is 1. The van der Waals surface area contributed by atoms with Gasteiger partial charge in [-0.2, -0.15) is 0 Å². The first-order valence-electron chi connectivity index (χ1n) is 5.67. The van der Waals surface area contributed by atoms with E-state index in [4.69, 9.17) is 4.74 Å². The summed E-state index contributed by atoms with van der Waals surface area (Å²) in [4.78, 5) is 0. The van der Waals surface area contributed by atoms with Crippen molar-refractivity contribution < 1.29 is 4.74 Å². The zero-order valence-electron chi connectivity index (χ0n) is 9.65. The van der Waals surface area contributed by atoms with Crippen LogP contribution in [0.4, 0.5) is 0 Å². The van der Waals surface area contributed by atoms with Crippen molar-refractivity contribution in [2.45, 2.75) is 63.9 Å². The molecule has 2 heteroatoms. The minimum atomic E-state index is -0.825. The Morgan fingerprint density at radius 3 is 2.23 bits per heavy atom. The lowest BCUT2D eigenvalue weighted by Gasteiger charge is -2.24. The van der Waals surface area contributed by atoms with E-state index < -0.39 is 8.07 Å². The molecule has 13 heavy (non-hydrogen) atoms. The molecule has 1 nitrogen and oxygen atoms in total. The van der Waals surface area contributed by atoms with Crippen molar-refractivity contribution in [3.63, 3.8) is 0 Å². The Labute approximate surface area is 83.9 Å². The monoisotopic (exact) mass is 200 g/mol. The maximum atomic E-state index is 5.39. The molecule has 1 atom stereocenters. The summed E-state index contributed by atoms with van der Waals surface area (Å²) in [5.74, 6) is 0. The van der Waals surface area contributed by atoms with E-state index >= 15 is 0 Å². The van der Waals surface area contributed by atoms with Gasteiger partial charge in [0.1, 0.15) is 0 Å². The van der Waals surface area contributed by atoms with Crippen molar-refractivity contribution in [1.29, 1.82) is 0 Å². The van der Waals surface area contributed by atoms with Crippen molar-refractivity contribution in [2.75, 3.05) is 6.61 Å². The van der Waals surface area contributed by atoms with E-state index in [1.807, 2.05) is 0 Å². The van der Waals surface area contributed by atoms with Crippen LogP contribution in [0.3, 0.4) is 0 Å². The molecule has 1 rings (SSSR count). The van der Waals surface area contributed by atoms with Crippen LogP contribution in [0.1, 0.15) is 33.6 Å². The van der Waals surface area contributed by atoms with E-state index in [0.717, 1.165) is 6.61 Å². The van der Waals surface area contributed by atoms with Crippen LogP contribution in [-0.2, 0) is 4.74 Å². The molecule has 1 aliphatic rings. The zero-order valence-corrected chi connectivity index (χ0v) is 10.7. The summed E-state index contributed by atoms with van der Waals surface area (Å²) in [7, 11) is -0.825. The van der Waals surface area contributed by atoms with Crippen LogP contribution in [0.25, 0.3) is 0 Å². The topological polar surface area (TPSA) is 12.5 Å². The molecule has 0 saturated carbocycles. The minimum Gasteiger partial charge on any atom is -0.370 e. The summed E-state index contributed by atoms with van der Waals surface area (Å²) in [5.41, 5.74) is 0.288. The lowest BCUT2D eigenvalue weighted by molar-refractivity contribution is 0.307. The van der Waals surface area contributed by atoms with Crippen LogP contribution in [-0.4, -0.2) is 20.3 Å². The van der Waals surface area contributed by atoms with Gasteiger partial charge in [0.2, 0.25) is 0 Å². The van der Waals surface area contributed by atoms with E-state index in [9.17, 15) is 0 Å².